The van der Waals surface area contributed by atoms with Crippen molar-refractivity contribution < 1.29 is 24.2 Å². The summed E-state index contributed by atoms with van der Waals surface area (Å²) in [5.41, 5.74) is 1.02. The average Bonchev–Trinajstić information content (AvgIpc) is 3.04. The third-order valence-electron chi connectivity index (χ3n) is 4.16. The normalized spacial score (nSPS) is 18.4. The van der Waals surface area contributed by atoms with Gasteiger partial charge in [0.25, 0.3) is 0 Å². The zero-order valence-electron chi connectivity index (χ0n) is 14.0. The number of hydrogen-bond donors (Lipinski definition) is 1. The fraction of sp³-hybridized carbons (Fsp3) is 0.556. The molecule has 2 rings (SSSR count). The van der Waals surface area contributed by atoms with Gasteiger partial charge in [0.05, 0.1) is 39.3 Å². The Morgan fingerprint density at radius 3 is 2.79 bits per heavy atom. The molecular formula is C18H25NO5. The van der Waals surface area contributed by atoms with Gasteiger partial charge in [-0.05, 0) is 18.4 Å². The van der Waals surface area contributed by atoms with Crippen LogP contribution in [0.5, 0.6) is 0 Å². The number of methoxy groups -OCH3 is 1. The molecule has 6 heteroatoms. The van der Waals surface area contributed by atoms with Gasteiger partial charge in [0, 0.05) is 12.6 Å². The summed E-state index contributed by atoms with van der Waals surface area (Å²) in [5, 5.41) is 10.0. The molecule has 1 heterocycles. The van der Waals surface area contributed by atoms with Gasteiger partial charge in [-0.3, -0.25) is 9.59 Å². The van der Waals surface area contributed by atoms with Crippen molar-refractivity contribution in [3.63, 3.8) is 0 Å². The standard InChI is InChI=1S/C18H25NO5/c1-23-18(22)10-15-8-5-9-19(15)17(21)11-16(20)13-24-12-14-6-3-2-4-7-14/h2-4,6-7,15-16,20H,5,8-13H2,1H3. The van der Waals surface area contributed by atoms with E-state index in [-0.39, 0.29) is 37.4 Å². The molecule has 1 aromatic rings. The molecule has 1 saturated heterocycles. The third kappa shape index (κ3) is 5.62. The van der Waals surface area contributed by atoms with Gasteiger partial charge in [-0.2, -0.15) is 0 Å². The maximum Gasteiger partial charge on any atom is 0.307 e. The number of aliphatic hydroxyl groups is 1. The first-order valence-corrected chi connectivity index (χ1v) is 8.26. The van der Waals surface area contributed by atoms with Crippen molar-refractivity contribution in [3.8, 4) is 0 Å². The van der Waals surface area contributed by atoms with Crippen LogP contribution < -0.4 is 0 Å². The second-order valence-electron chi connectivity index (χ2n) is 6.02. The lowest BCUT2D eigenvalue weighted by Gasteiger charge is -2.25. The summed E-state index contributed by atoms with van der Waals surface area (Å²) >= 11 is 0. The number of aliphatic hydroxyl groups excluding tert-OH is 1. The minimum Gasteiger partial charge on any atom is -0.469 e. The Kier molecular flexibility index (Phi) is 7.21. The maximum absolute atomic E-state index is 12.3. The molecule has 132 valence electrons. The molecule has 0 spiro atoms. The van der Waals surface area contributed by atoms with Crippen LogP contribution in [-0.2, 0) is 25.7 Å². The summed E-state index contributed by atoms with van der Waals surface area (Å²) in [6, 6.07) is 9.54. The van der Waals surface area contributed by atoms with Crippen LogP contribution in [0.2, 0.25) is 0 Å². The molecule has 0 radical (unpaired) electrons. The number of carbonyl (C=O) groups is 2. The van der Waals surface area contributed by atoms with Crippen molar-refractivity contribution in [2.24, 2.45) is 0 Å². The summed E-state index contributed by atoms with van der Waals surface area (Å²) in [5.74, 6) is -0.455. The second kappa shape index (κ2) is 9.39. The van der Waals surface area contributed by atoms with Crippen LogP contribution in [0, 0.1) is 0 Å². The molecule has 2 atom stereocenters. The fourth-order valence-electron chi connectivity index (χ4n) is 2.92. The van der Waals surface area contributed by atoms with E-state index in [1.54, 1.807) is 4.90 Å². The molecule has 6 nitrogen and oxygen atoms in total. The van der Waals surface area contributed by atoms with Crippen LogP contribution in [0.1, 0.15) is 31.2 Å². The zero-order valence-corrected chi connectivity index (χ0v) is 14.0. The monoisotopic (exact) mass is 335 g/mol. The molecule has 2 unspecified atom stereocenters. The van der Waals surface area contributed by atoms with Crippen molar-refractivity contribution in [2.45, 2.75) is 44.4 Å². The van der Waals surface area contributed by atoms with E-state index >= 15 is 0 Å². The van der Waals surface area contributed by atoms with Gasteiger partial charge in [0.15, 0.2) is 0 Å². The fourth-order valence-corrected chi connectivity index (χ4v) is 2.92. The molecule has 0 saturated carbocycles. The number of rotatable bonds is 8. The van der Waals surface area contributed by atoms with Crippen LogP contribution in [0.15, 0.2) is 30.3 Å². The molecule has 24 heavy (non-hydrogen) atoms. The van der Waals surface area contributed by atoms with Crippen molar-refractivity contribution in [1.82, 2.24) is 4.90 Å². The topological polar surface area (TPSA) is 76.1 Å². The molecule has 0 aromatic heterocycles. The Hall–Kier alpha value is -1.92. The number of amides is 1. The smallest absolute Gasteiger partial charge is 0.307 e. The lowest BCUT2D eigenvalue weighted by atomic mass is 10.1. The van der Waals surface area contributed by atoms with Gasteiger partial charge in [-0.15, -0.1) is 0 Å². The van der Waals surface area contributed by atoms with E-state index in [9.17, 15) is 14.7 Å². The van der Waals surface area contributed by atoms with E-state index in [2.05, 4.69) is 4.74 Å². The van der Waals surface area contributed by atoms with E-state index in [4.69, 9.17) is 4.74 Å². The minimum absolute atomic E-state index is 0.00641. The zero-order chi connectivity index (χ0) is 17.4. The van der Waals surface area contributed by atoms with Crippen LogP contribution >= 0.6 is 0 Å². The van der Waals surface area contributed by atoms with Gasteiger partial charge >= 0.3 is 5.97 Å². The number of esters is 1. The van der Waals surface area contributed by atoms with Crippen LogP contribution in [-0.4, -0.2) is 54.3 Å². The molecule has 1 fully saturated rings. The number of nitrogens with zero attached hydrogens (tertiary/aromatic N) is 1. The lowest BCUT2D eigenvalue weighted by molar-refractivity contribution is -0.143. The number of benzene rings is 1. The highest BCUT2D eigenvalue weighted by Crippen LogP contribution is 2.21. The van der Waals surface area contributed by atoms with E-state index in [0.717, 1.165) is 18.4 Å². The van der Waals surface area contributed by atoms with E-state index in [1.807, 2.05) is 30.3 Å². The highest BCUT2D eigenvalue weighted by atomic mass is 16.5. The van der Waals surface area contributed by atoms with Crippen molar-refractivity contribution in [2.75, 3.05) is 20.3 Å². The summed E-state index contributed by atoms with van der Waals surface area (Å²) in [6.07, 6.45) is 1.03. The summed E-state index contributed by atoms with van der Waals surface area (Å²) in [6.45, 7) is 1.13. The first-order valence-electron chi connectivity index (χ1n) is 8.26. The Labute approximate surface area is 142 Å². The van der Waals surface area contributed by atoms with Crippen LogP contribution in [0.4, 0.5) is 0 Å². The van der Waals surface area contributed by atoms with Gasteiger partial charge in [-0.25, -0.2) is 0 Å². The number of ether oxygens (including phenoxy) is 2. The molecule has 0 bridgehead atoms. The quantitative estimate of drug-likeness (QED) is 0.729. The summed E-state index contributed by atoms with van der Waals surface area (Å²) in [7, 11) is 1.34. The van der Waals surface area contributed by atoms with Crippen molar-refractivity contribution >= 4 is 11.9 Å². The van der Waals surface area contributed by atoms with Gasteiger partial charge < -0.3 is 19.5 Å². The highest BCUT2D eigenvalue weighted by Gasteiger charge is 2.31. The van der Waals surface area contributed by atoms with Gasteiger partial charge in [0.2, 0.25) is 5.91 Å². The summed E-state index contributed by atoms with van der Waals surface area (Å²) < 4.78 is 10.1. The molecule has 1 amide bonds. The molecular weight excluding hydrogens is 310 g/mol. The summed E-state index contributed by atoms with van der Waals surface area (Å²) in [4.78, 5) is 25.4. The predicted octanol–water partition coefficient (Wildman–Crippen LogP) is 1.51. The Morgan fingerprint density at radius 2 is 2.08 bits per heavy atom. The van der Waals surface area contributed by atoms with E-state index in [1.165, 1.54) is 7.11 Å². The first-order chi connectivity index (χ1) is 11.6. The second-order valence-corrected chi connectivity index (χ2v) is 6.02. The predicted molar refractivity (Wildman–Crippen MR) is 88.1 cm³/mol. The Balaban J connectivity index is 1.73. The number of likely N-dealkylation sites (tertiary alicyclic amines) is 1. The lowest BCUT2D eigenvalue weighted by Crippen LogP contribution is -2.39. The minimum atomic E-state index is -0.847. The van der Waals surface area contributed by atoms with Crippen molar-refractivity contribution in [1.29, 1.82) is 0 Å². The molecule has 1 aliphatic rings. The molecule has 0 aliphatic carbocycles. The maximum atomic E-state index is 12.3. The van der Waals surface area contributed by atoms with E-state index < -0.39 is 6.10 Å². The van der Waals surface area contributed by atoms with Gasteiger partial charge in [-0.1, -0.05) is 30.3 Å². The average molecular weight is 335 g/mol. The van der Waals surface area contributed by atoms with E-state index in [0.29, 0.717) is 13.2 Å². The molecule has 1 aliphatic heterocycles. The van der Waals surface area contributed by atoms with Crippen LogP contribution in [0.3, 0.4) is 0 Å². The SMILES string of the molecule is COC(=O)CC1CCCN1C(=O)CC(O)COCc1ccccc1. The molecule has 1 N–H and O–H groups in total. The highest BCUT2D eigenvalue weighted by molar-refractivity contribution is 5.78. The van der Waals surface area contributed by atoms with Crippen molar-refractivity contribution in [3.05, 3.63) is 35.9 Å². The number of hydrogen-bond acceptors (Lipinski definition) is 5. The van der Waals surface area contributed by atoms with Crippen LogP contribution in [0.25, 0.3) is 0 Å². The van der Waals surface area contributed by atoms with Gasteiger partial charge in [0.1, 0.15) is 0 Å². The third-order valence-corrected chi connectivity index (χ3v) is 4.16. The number of carbonyl (C=O) groups excluding carboxylic acids is 2. The first kappa shape index (κ1) is 18.4. The Morgan fingerprint density at radius 1 is 1.33 bits per heavy atom. The molecule has 1 aromatic carbocycles. The largest absolute Gasteiger partial charge is 0.469 e. The Bertz CT molecular complexity index is 533.